The number of nitrogens with one attached hydrogen (secondary N) is 2. The summed E-state index contributed by atoms with van der Waals surface area (Å²) >= 11 is 5.95. The summed E-state index contributed by atoms with van der Waals surface area (Å²) in [7, 11) is 0. The molecule has 2 aromatic heterocycles. The zero-order valence-corrected chi connectivity index (χ0v) is 19.0. The van der Waals surface area contributed by atoms with Crippen LogP contribution in [0.1, 0.15) is 45.1 Å². The van der Waals surface area contributed by atoms with Crippen molar-refractivity contribution < 1.29 is 14.3 Å². The van der Waals surface area contributed by atoms with Crippen LogP contribution in [0.3, 0.4) is 0 Å². The van der Waals surface area contributed by atoms with Crippen LogP contribution in [0.2, 0.25) is 5.02 Å². The van der Waals surface area contributed by atoms with Gasteiger partial charge in [0.15, 0.2) is 11.5 Å². The molecule has 2 heterocycles. The molecule has 3 aromatic rings. The van der Waals surface area contributed by atoms with Gasteiger partial charge in [0.1, 0.15) is 5.52 Å². The Morgan fingerprint density at radius 3 is 2.76 bits per heavy atom. The average molecular weight is 476 g/mol. The van der Waals surface area contributed by atoms with Crippen molar-refractivity contribution in [2.75, 3.05) is 17.2 Å². The number of primary amides is 1. The van der Waals surface area contributed by atoms with Crippen molar-refractivity contribution >= 4 is 46.3 Å². The van der Waals surface area contributed by atoms with Gasteiger partial charge in [-0.05, 0) is 44.2 Å². The largest absolute Gasteiger partial charge is 0.394 e. The zero-order valence-electron chi connectivity index (χ0n) is 18.3. The molecule has 33 heavy (non-hydrogen) atoms. The fourth-order valence-electron chi connectivity index (χ4n) is 4.19. The first kappa shape index (κ1) is 23.2. The second kappa shape index (κ2) is 9.88. The van der Waals surface area contributed by atoms with Crippen molar-refractivity contribution in [1.82, 2.24) is 19.5 Å². The number of halogens is 2. The van der Waals surface area contributed by atoms with E-state index in [9.17, 15) is 14.3 Å². The maximum absolute atomic E-state index is 14.6. The average Bonchev–Trinajstić information content (AvgIpc) is 3.17. The number of aromatic nitrogens is 4. The van der Waals surface area contributed by atoms with Gasteiger partial charge >= 0.3 is 0 Å². The van der Waals surface area contributed by atoms with Crippen molar-refractivity contribution in [1.29, 1.82) is 0 Å². The summed E-state index contributed by atoms with van der Waals surface area (Å²) in [5, 5.41) is 15.7. The molecule has 0 saturated heterocycles. The number of anilines is 3. The van der Waals surface area contributed by atoms with E-state index in [1.165, 1.54) is 6.07 Å². The van der Waals surface area contributed by atoms with Gasteiger partial charge < -0.3 is 21.5 Å². The molecule has 4 rings (SSSR count). The highest BCUT2D eigenvalue weighted by molar-refractivity contribution is 6.31. The highest BCUT2D eigenvalue weighted by Crippen LogP contribution is 2.37. The van der Waals surface area contributed by atoms with E-state index in [0.717, 1.165) is 0 Å². The molecule has 11 heteroatoms. The first-order chi connectivity index (χ1) is 15.9. The third-order valence-corrected chi connectivity index (χ3v) is 6.43. The van der Waals surface area contributed by atoms with E-state index < -0.39 is 5.82 Å². The zero-order chi connectivity index (χ0) is 23.5. The normalized spacial score (nSPS) is 19.4. The molecular formula is C22H27ClFN7O2. The molecule has 1 aromatic carbocycles. The number of imidazole rings is 1. The summed E-state index contributed by atoms with van der Waals surface area (Å²) in [5.41, 5.74) is 6.82. The fraction of sp³-hybridized carbons (Fsp3) is 0.455. The van der Waals surface area contributed by atoms with Crippen molar-refractivity contribution in [3.8, 4) is 0 Å². The third-order valence-electron chi connectivity index (χ3n) is 6.14. The molecule has 1 amide bonds. The Hall–Kier alpha value is -2.98. The van der Waals surface area contributed by atoms with Gasteiger partial charge in [0.05, 0.1) is 29.6 Å². The number of hydrogen-bond donors (Lipinski definition) is 4. The van der Waals surface area contributed by atoms with Crippen LogP contribution in [-0.2, 0) is 4.79 Å². The Kier molecular flexibility index (Phi) is 6.94. The lowest BCUT2D eigenvalue weighted by Crippen LogP contribution is -2.29. The molecule has 0 aliphatic heterocycles. The first-order valence-corrected chi connectivity index (χ1v) is 11.4. The molecule has 1 saturated carbocycles. The number of carbonyl (C=O) groups is 1. The maximum Gasteiger partial charge on any atom is 0.225 e. The summed E-state index contributed by atoms with van der Waals surface area (Å²) in [5.74, 6) is -0.228. The quantitative estimate of drug-likeness (QED) is 0.390. The topological polar surface area (TPSA) is 131 Å². The van der Waals surface area contributed by atoms with Crippen molar-refractivity contribution in [3.63, 3.8) is 0 Å². The van der Waals surface area contributed by atoms with Crippen LogP contribution >= 0.6 is 11.6 Å². The highest BCUT2D eigenvalue weighted by Gasteiger charge is 2.29. The number of aliphatic hydroxyl groups is 1. The Morgan fingerprint density at radius 1 is 1.33 bits per heavy atom. The molecule has 1 fully saturated rings. The lowest BCUT2D eigenvalue weighted by Gasteiger charge is -2.29. The van der Waals surface area contributed by atoms with Crippen molar-refractivity contribution in [2.24, 2.45) is 11.7 Å². The molecule has 1 atom stereocenters. The molecule has 0 radical (unpaired) electrons. The molecule has 1 aliphatic rings. The van der Waals surface area contributed by atoms with Gasteiger partial charge in [0.25, 0.3) is 0 Å². The lowest BCUT2D eigenvalue weighted by molar-refractivity contribution is -0.122. The highest BCUT2D eigenvalue weighted by atomic mass is 35.5. The van der Waals surface area contributed by atoms with Gasteiger partial charge in [-0.1, -0.05) is 24.6 Å². The van der Waals surface area contributed by atoms with E-state index in [0.29, 0.717) is 55.2 Å². The van der Waals surface area contributed by atoms with Gasteiger partial charge in [-0.3, -0.25) is 9.36 Å². The number of carbonyl (C=O) groups excluding carboxylic acids is 1. The van der Waals surface area contributed by atoms with Gasteiger partial charge in [-0.25, -0.2) is 14.4 Å². The van der Waals surface area contributed by atoms with Crippen molar-refractivity contribution in [3.05, 3.63) is 35.2 Å². The van der Waals surface area contributed by atoms with E-state index in [1.807, 2.05) is 11.5 Å². The summed E-state index contributed by atoms with van der Waals surface area (Å²) in [6.45, 7) is 1.91. The smallest absolute Gasteiger partial charge is 0.225 e. The summed E-state index contributed by atoms with van der Waals surface area (Å²) in [6.07, 6.45) is 5.01. The Bertz CT molecular complexity index is 1140. The van der Waals surface area contributed by atoms with Crippen LogP contribution < -0.4 is 16.4 Å². The third kappa shape index (κ3) is 4.86. The van der Waals surface area contributed by atoms with Crippen LogP contribution in [0.25, 0.3) is 11.2 Å². The Labute approximate surface area is 195 Å². The van der Waals surface area contributed by atoms with Crippen LogP contribution in [-0.4, -0.2) is 43.2 Å². The maximum atomic E-state index is 14.6. The molecule has 5 N–H and O–H groups in total. The van der Waals surface area contributed by atoms with Crippen LogP contribution in [0, 0.1) is 11.7 Å². The number of nitrogens with zero attached hydrogens (tertiary/aromatic N) is 4. The number of hydrogen-bond acceptors (Lipinski definition) is 7. The monoisotopic (exact) mass is 475 g/mol. The minimum Gasteiger partial charge on any atom is -0.394 e. The van der Waals surface area contributed by atoms with Crippen molar-refractivity contribution in [2.45, 2.75) is 51.1 Å². The minimum atomic E-state index is -0.572. The number of benzene rings is 1. The molecule has 0 unspecified atom stereocenters. The van der Waals surface area contributed by atoms with Gasteiger partial charge in [-0.2, -0.15) is 4.98 Å². The number of amides is 1. The van der Waals surface area contributed by atoms with E-state index in [2.05, 4.69) is 25.6 Å². The standard InChI is InChI=1S/C22H27ClFN7O2/c1-2-13(11-32)27-21-26-10-17-20(30-21)31(14-8-6-12(7-9-14)19(25)33)22(29-17)28-16-5-3-4-15(23)18(16)24/h3-5,10,12-14,32H,2,6-9,11H2,1H3,(H2,25,33)(H,28,29)(H,26,27,30)/t12-,13-,14+/m0/s1. The first-order valence-electron chi connectivity index (χ1n) is 11.0. The van der Waals surface area contributed by atoms with E-state index >= 15 is 0 Å². The minimum absolute atomic E-state index is 0.00511. The summed E-state index contributed by atoms with van der Waals surface area (Å²) < 4.78 is 16.5. The second-order valence-electron chi connectivity index (χ2n) is 8.27. The van der Waals surface area contributed by atoms with Crippen LogP contribution in [0.15, 0.2) is 24.4 Å². The Morgan fingerprint density at radius 2 is 2.09 bits per heavy atom. The second-order valence-corrected chi connectivity index (χ2v) is 8.68. The van der Waals surface area contributed by atoms with Gasteiger partial charge in [0.2, 0.25) is 17.8 Å². The van der Waals surface area contributed by atoms with Gasteiger partial charge in [-0.15, -0.1) is 0 Å². The van der Waals surface area contributed by atoms with Crippen LogP contribution in [0.5, 0.6) is 0 Å². The van der Waals surface area contributed by atoms with E-state index in [1.54, 1.807) is 18.3 Å². The summed E-state index contributed by atoms with van der Waals surface area (Å²) in [4.78, 5) is 25.2. The Balaban J connectivity index is 1.74. The molecule has 9 nitrogen and oxygen atoms in total. The molecule has 0 bridgehead atoms. The molecule has 1 aliphatic carbocycles. The number of nitrogens with two attached hydrogens (primary N) is 1. The van der Waals surface area contributed by atoms with Crippen LogP contribution in [0.4, 0.5) is 22.0 Å². The SMILES string of the molecule is CC[C@@H](CO)Nc1ncc2nc(Nc3cccc(Cl)c3F)n([C@H]3CC[C@@H](C(N)=O)CC3)c2n1. The number of aliphatic hydroxyl groups excluding tert-OH is 1. The number of fused-ring (bicyclic) bond motifs is 1. The molecular weight excluding hydrogens is 449 g/mol. The fourth-order valence-corrected chi connectivity index (χ4v) is 4.37. The lowest BCUT2D eigenvalue weighted by atomic mass is 9.85. The van der Waals surface area contributed by atoms with E-state index in [-0.39, 0.29) is 41.2 Å². The van der Waals surface area contributed by atoms with E-state index in [4.69, 9.17) is 17.3 Å². The molecule has 0 spiro atoms. The number of rotatable bonds is 8. The van der Waals surface area contributed by atoms with Gasteiger partial charge in [0, 0.05) is 12.0 Å². The summed E-state index contributed by atoms with van der Waals surface area (Å²) in [6, 6.07) is 4.52. The predicted octanol–water partition coefficient (Wildman–Crippen LogP) is 3.76. The predicted molar refractivity (Wildman–Crippen MR) is 125 cm³/mol. The molecule has 176 valence electrons.